The maximum atomic E-state index is 5.27. The lowest BCUT2D eigenvalue weighted by Crippen LogP contribution is -2.47. The monoisotopic (exact) mass is 86.1 g/mol. The van der Waals surface area contributed by atoms with Crippen LogP contribution in [0.25, 0.3) is 0 Å². The molecule has 1 saturated heterocycles. The zero-order chi connectivity index (χ0) is 4.41. The molecule has 2 heteroatoms. The van der Waals surface area contributed by atoms with E-state index in [0.717, 1.165) is 6.54 Å². The molecule has 0 bridgehead atoms. The third-order valence-corrected chi connectivity index (χ3v) is 1.21. The minimum absolute atomic E-state index is 0.644. The second-order valence-corrected chi connectivity index (χ2v) is 1.68. The third kappa shape index (κ3) is 0.533. The smallest absolute Gasteiger partial charge is 0.0202 e. The molecule has 0 aromatic carbocycles. The lowest BCUT2D eigenvalue weighted by molar-refractivity contribution is 0.379. The Morgan fingerprint density at radius 1 is 1.83 bits per heavy atom. The molecule has 1 rings (SSSR count). The number of nitrogens with one attached hydrogen (secondary N) is 1. The van der Waals surface area contributed by atoms with Crippen molar-refractivity contribution in [1.82, 2.24) is 5.32 Å². The molecule has 0 aliphatic carbocycles. The summed E-state index contributed by atoms with van der Waals surface area (Å²) in [7, 11) is 0. The summed E-state index contributed by atoms with van der Waals surface area (Å²) in [5, 5.41) is 3.17. The number of hydrogen-bond acceptors (Lipinski definition) is 2. The molecule has 2 nitrogen and oxygen atoms in total. The summed E-state index contributed by atoms with van der Waals surface area (Å²) in [6, 6.07) is 0.644. The fourth-order valence-electron chi connectivity index (χ4n) is 0.550. The summed E-state index contributed by atoms with van der Waals surface area (Å²) in [6.45, 7) is 1.97. The molecule has 0 spiro atoms. The number of hydrogen-bond donors (Lipinski definition) is 2. The van der Waals surface area contributed by atoms with E-state index in [0.29, 0.717) is 6.04 Å². The average Bonchev–Trinajstić information content (AvgIpc) is 1.31. The lowest BCUT2D eigenvalue weighted by atomic mass is 10.1. The first-order valence-corrected chi connectivity index (χ1v) is 2.37. The van der Waals surface area contributed by atoms with Crippen molar-refractivity contribution in [2.24, 2.45) is 5.73 Å². The van der Waals surface area contributed by atoms with Crippen molar-refractivity contribution < 1.29 is 0 Å². The van der Waals surface area contributed by atoms with Crippen molar-refractivity contribution in [1.29, 1.82) is 0 Å². The van der Waals surface area contributed by atoms with Crippen LogP contribution in [0.1, 0.15) is 6.42 Å². The molecule has 0 saturated carbocycles. The average molecular weight is 86.1 g/mol. The van der Waals surface area contributed by atoms with E-state index in [-0.39, 0.29) is 0 Å². The van der Waals surface area contributed by atoms with Crippen molar-refractivity contribution in [3.8, 4) is 0 Å². The van der Waals surface area contributed by atoms with Gasteiger partial charge < -0.3 is 11.1 Å². The lowest BCUT2D eigenvalue weighted by Gasteiger charge is -2.25. The minimum Gasteiger partial charge on any atom is -0.329 e. The normalized spacial score (nSPS) is 32.5. The van der Waals surface area contributed by atoms with Crippen molar-refractivity contribution in [3.05, 3.63) is 0 Å². The van der Waals surface area contributed by atoms with Crippen LogP contribution in [0.3, 0.4) is 0 Å². The Kier molecular flexibility index (Phi) is 1.08. The molecular weight excluding hydrogens is 76.1 g/mol. The molecule has 1 atom stereocenters. The van der Waals surface area contributed by atoms with Crippen molar-refractivity contribution in [2.75, 3.05) is 13.1 Å². The second kappa shape index (κ2) is 1.58. The van der Waals surface area contributed by atoms with Crippen LogP contribution in [0.4, 0.5) is 0 Å². The largest absolute Gasteiger partial charge is 0.329 e. The van der Waals surface area contributed by atoms with Crippen molar-refractivity contribution in [3.63, 3.8) is 0 Å². The Labute approximate surface area is 37.7 Å². The highest BCUT2D eigenvalue weighted by atomic mass is 15.0. The van der Waals surface area contributed by atoms with E-state index in [4.69, 9.17) is 5.73 Å². The maximum absolute atomic E-state index is 5.27. The van der Waals surface area contributed by atoms with Gasteiger partial charge in [0.05, 0.1) is 0 Å². The second-order valence-electron chi connectivity index (χ2n) is 1.68. The predicted molar refractivity (Wildman–Crippen MR) is 25.5 cm³/mol. The van der Waals surface area contributed by atoms with E-state index in [2.05, 4.69) is 5.32 Å². The Morgan fingerprint density at radius 2 is 2.50 bits per heavy atom. The van der Waals surface area contributed by atoms with E-state index in [9.17, 15) is 0 Å². The van der Waals surface area contributed by atoms with Crippen LogP contribution in [0, 0.1) is 0 Å². The molecule has 6 heavy (non-hydrogen) atoms. The molecule has 36 valence electrons. The van der Waals surface area contributed by atoms with Crippen molar-refractivity contribution in [2.45, 2.75) is 12.5 Å². The van der Waals surface area contributed by atoms with Gasteiger partial charge in [0.2, 0.25) is 0 Å². The van der Waals surface area contributed by atoms with E-state index in [1.54, 1.807) is 0 Å². The standard InChI is InChI=1S/C4H10N2/c5-3-4-1-2-6-4/h4,6H,1-3,5H2. The summed E-state index contributed by atoms with van der Waals surface area (Å²) in [5.74, 6) is 0. The van der Waals surface area contributed by atoms with Crippen molar-refractivity contribution >= 4 is 0 Å². The summed E-state index contributed by atoms with van der Waals surface area (Å²) >= 11 is 0. The van der Waals surface area contributed by atoms with E-state index in [1.165, 1.54) is 13.0 Å². The third-order valence-electron chi connectivity index (χ3n) is 1.21. The van der Waals surface area contributed by atoms with Crippen LogP contribution in [0.2, 0.25) is 0 Å². The molecule has 1 unspecified atom stereocenters. The van der Waals surface area contributed by atoms with Gasteiger partial charge in [0.25, 0.3) is 0 Å². The molecular formula is C4H10N2. The van der Waals surface area contributed by atoms with Crippen LogP contribution in [0.5, 0.6) is 0 Å². The quantitative estimate of drug-likeness (QED) is 0.443. The first kappa shape index (κ1) is 4.09. The summed E-state index contributed by atoms with van der Waals surface area (Å²) in [5.41, 5.74) is 5.27. The highest BCUT2D eigenvalue weighted by molar-refractivity contribution is 4.76. The number of nitrogens with two attached hydrogens (primary N) is 1. The van der Waals surface area contributed by atoms with Crippen LogP contribution in [-0.2, 0) is 0 Å². The Balaban J connectivity index is 2.01. The Bertz CT molecular complexity index is 38.1. The SMILES string of the molecule is NCC1CCN1. The molecule has 0 aromatic rings. The molecule has 0 radical (unpaired) electrons. The number of rotatable bonds is 1. The molecule has 0 aromatic heterocycles. The van der Waals surface area contributed by atoms with Crippen LogP contribution in [0.15, 0.2) is 0 Å². The van der Waals surface area contributed by atoms with Crippen LogP contribution >= 0.6 is 0 Å². The van der Waals surface area contributed by atoms with E-state index < -0.39 is 0 Å². The van der Waals surface area contributed by atoms with Gasteiger partial charge in [-0.05, 0) is 13.0 Å². The highest BCUT2D eigenvalue weighted by Crippen LogP contribution is 1.96. The summed E-state index contributed by atoms with van der Waals surface area (Å²) in [6.07, 6.45) is 1.27. The summed E-state index contributed by atoms with van der Waals surface area (Å²) < 4.78 is 0. The van der Waals surface area contributed by atoms with Gasteiger partial charge in [0, 0.05) is 12.6 Å². The van der Waals surface area contributed by atoms with Crippen LogP contribution in [-0.4, -0.2) is 19.1 Å². The molecule has 1 aliphatic rings. The van der Waals surface area contributed by atoms with Crippen LogP contribution < -0.4 is 11.1 Å². The molecule has 1 fully saturated rings. The zero-order valence-corrected chi connectivity index (χ0v) is 3.78. The van der Waals surface area contributed by atoms with Gasteiger partial charge >= 0.3 is 0 Å². The Morgan fingerprint density at radius 3 is 2.50 bits per heavy atom. The molecule has 1 aliphatic heterocycles. The molecule has 1 heterocycles. The summed E-state index contributed by atoms with van der Waals surface area (Å²) in [4.78, 5) is 0. The Hall–Kier alpha value is -0.0800. The predicted octanol–water partition coefficient (Wildman–Crippen LogP) is -0.693. The van der Waals surface area contributed by atoms with Gasteiger partial charge in [-0.15, -0.1) is 0 Å². The fraction of sp³-hybridized carbons (Fsp3) is 1.00. The first-order chi connectivity index (χ1) is 2.93. The van der Waals surface area contributed by atoms with Gasteiger partial charge in [-0.1, -0.05) is 0 Å². The molecule has 0 amide bonds. The van der Waals surface area contributed by atoms with E-state index in [1.807, 2.05) is 0 Å². The molecule has 3 N–H and O–H groups in total. The van der Waals surface area contributed by atoms with Gasteiger partial charge in [-0.3, -0.25) is 0 Å². The van der Waals surface area contributed by atoms with Gasteiger partial charge in [-0.25, -0.2) is 0 Å². The minimum atomic E-state index is 0.644. The van der Waals surface area contributed by atoms with E-state index >= 15 is 0 Å². The first-order valence-electron chi connectivity index (χ1n) is 2.37. The van der Waals surface area contributed by atoms with Gasteiger partial charge in [-0.2, -0.15) is 0 Å². The topological polar surface area (TPSA) is 38.0 Å². The van der Waals surface area contributed by atoms with Gasteiger partial charge in [0.15, 0.2) is 0 Å². The maximum Gasteiger partial charge on any atom is 0.0202 e. The highest BCUT2D eigenvalue weighted by Gasteiger charge is 2.12. The zero-order valence-electron chi connectivity index (χ0n) is 3.78. The van der Waals surface area contributed by atoms with Gasteiger partial charge in [0.1, 0.15) is 0 Å². The fourth-order valence-corrected chi connectivity index (χ4v) is 0.550.